The number of ketones is 1. The van der Waals surface area contributed by atoms with Gasteiger partial charge in [0.1, 0.15) is 4.91 Å². The summed E-state index contributed by atoms with van der Waals surface area (Å²) >= 11 is 18.7. The number of rotatable bonds is 5. The second-order valence-electron chi connectivity index (χ2n) is 5.97. The smallest absolute Gasteiger partial charge is 0.210 e. The zero-order chi connectivity index (χ0) is 21.2. The first-order valence-corrected chi connectivity index (χ1v) is 12.0. The second kappa shape index (κ2) is 9.14. The van der Waals surface area contributed by atoms with Crippen molar-refractivity contribution in [2.75, 3.05) is 0 Å². The van der Waals surface area contributed by atoms with Gasteiger partial charge < -0.3 is 0 Å². The third-order valence-electron chi connectivity index (χ3n) is 3.99. The van der Waals surface area contributed by atoms with E-state index in [4.69, 9.17) is 23.2 Å². The van der Waals surface area contributed by atoms with Crippen LogP contribution in [-0.2, 0) is 9.84 Å². The predicted molar refractivity (Wildman–Crippen MR) is 124 cm³/mol. The van der Waals surface area contributed by atoms with E-state index < -0.39 is 15.6 Å². The molecule has 0 amide bonds. The zero-order valence-corrected chi connectivity index (χ0v) is 20.1. The van der Waals surface area contributed by atoms with Gasteiger partial charge in [0.25, 0.3) is 0 Å². The lowest BCUT2D eigenvalue weighted by Crippen LogP contribution is -2.14. The maximum absolute atomic E-state index is 13.3. The maximum Gasteiger partial charge on any atom is 0.210 e. The summed E-state index contributed by atoms with van der Waals surface area (Å²) < 4.78 is 28.1. The number of allylic oxidation sites excluding steroid dienone is 1. The Morgan fingerprint density at radius 1 is 0.828 bits per heavy atom. The van der Waals surface area contributed by atoms with Gasteiger partial charge in [0, 0.05) is 24.6 Å². The van der Waals surface area contributed by atoms with Gasteiger partial charge in [-0.2, -0.15) is 0 Å². The summed E-state index contributed by atoms with van der Waals surface area (Å²) in [6, 6.07) is 17.2. The van der Waals surface area contributed by atoms with Crippen LogP contribution in [0.1, 0.15) is 15.9 Å². The topological polar surface area (TPSA) is 51.2 Å². The van der Waals surface area contributed by atoms with Crippen LogP contribution in [-0.4, -0.2) is 14.2 Å². The summed E-state index contributed by atoms with van der Waals surface area (Å²) in [5.74, 6) is -0.633. The Kier molecular flexibility index (Phi) is 7.02. The fourth-order valence-electron chi connectivity index (χ4n) is 2.51. The third kappa shape index (κ3) is 5.19. The molecule has 0 atom stereocenters. The van der Waals surface area contributed by atoms with Crippen molar-refractivity contribution in [2.24, 2.45) is 0 Å². The average molecular weight is 575 g/mol. The minimum absolute atomic E-state index is 0.00231. The van der Waals surface area contributed by atoms with Gasteiger partial charge in [-0.15, -0.1) is 0 Å². The Morgan fingerprint density at radius 3 is 1.93 bits per heavy atom. The fourth-order valence-corrected chi connectivity index (χ4v) is 4.89. The van der Waals surface area contributed by atoms with Crippen molar-refractivity contribution in [2.45, 2.75) is 4.90 Å². The zero-order valence-electron chi connectivity index (χ0n) is 14.6. The monoisotopic (exact) mass is 572 g/mol. The first kappa shape index (κ1) is 22.2. The molecular weight excluding hydrogens is 563 g/mol. The highest BCUT2D eigenvalue weighted by Gasteiger charge is 2.28. The number of Topliss-reactive ketones (excluding diaryl/α,β-unsaturated/α-hetero) is 1. The highest BCUT2D eigenvalue weighted by atomic mass is 79.9. The Balaban J connectivity index is 2.20. The van der Waals surface area contributed by atoms with Crippen molar-refractivity contribution in [3.05, 3.63) is 102 Å². The van der Waals surface area contributed by atoms with E-state index in [9.17, 15) is 13.2 Å². The predicted octanol–water partition coefficient (Wildman–Crippen LogP) is 7.22. The van der Waals surface area contributed by atoms with Gasteiger partial charge in [-0.1, -0.05) is 61.1 Å². The summed E-state index contributed by atoms with van der Waals surface area (Å²) in [4.78, 5) is 12.8. The molecule has 0 saturated carbocycles. The Labute approximate surface area is 195 Å². The molecule has 3 aromatic carbocycles. The van der Waals surface area contributed by atoms with Gasteiger partial charge in [-0.25, -0.2) is 8.42 Å². The number of benzene rings is 3. The number of hydrogen-bond donors (Lipinski definition) is 0. The van der Waals surface area contributed by atoms with E-state index in [2.05, 4.69) is 31.9 Å². The van der Waals surface area contributed by atoms with Gasteiger partial charge in [0.05, 0.1) is 4.90 Å². The fraction of sp³-hybridized carbons (Fsp3) is 0. The lowest BCUT2D eigenvalue weighted by Gasteiger charge is -2.10. The Hall–Kier alpha value is -1.44. The molecular formula is C21H12Br2Cl2O3S. The molecule has 0 spiro atoms. The van der Waals surface area contributed by atoms with E-state index in [0.717, 1.165) is 8.95 Å². The molecule has 8 heteroatoms. The number of carbonyl (C=O) groups excluding carboxylic acids is 1. The van der Waals surface area contributed by atoms with Crippen LogP contribution in [0.2, 0.25) is 10.0 Å². The molecule has 0 aromatic heterocycles. The molecule has 3 rings (SSSR count). The van der Waals surface area contributed by atoms with Crippen LogP contribution in [0.4, 0.5) is 0 Å². The maximum atomic E-state index is 13.3. The molecule has 29 heavy (non-hydrogen) atoms. The van der Waals surface area contributed by atoms with Gasteiger partial charge in [0.15, 0.2) is 0 Å². The van der Waals surface area contributed by atoms with Crippen LogP contribution in [0.3, 0.4) is 0 Å². The third-order valence-corrected chi connectivity index (χ3v) is 7.39. The van der Waals surface area contributed by atoms with Crippen LogP contribution in [0.15, 0.2) is 85.5 Å². The number of carbonyl (C=O) groups is 1. The molecule has 0 saturated heterocycles. The van der Waals surface area contributed by atoms with Crippen molar-refractivity contribution in [1.29, 1.82) is 0 Å². The van der Waals surface area contributed by atoms with E-state index >= 15 is 0 Å². The van der Waals surface area contributed by atoms with Gasteiger partial charge in [-0.05, 0) is 72.3 Å². The largest absolute Gasteiger partial charge is 0.288 e. The molecule has 0 heterocycles. The molecule has 0 aliphatic carbocycles. The molecule has 148 valence electrons. The van der Waals surface area contributed by atoms with Crippen LogP contribution < -0.4 is 0 Å². The van der Waals surface area contributed by atoms with Crippen molar-refractivity contribution in [1.82, 2.24) is 0 Å². The van der Waals surface area contributed by atoms with Crippen LogP contribution in [0, 0.1) is 0 Å². The Bertz CT molecular complexity index is 1200. The summed E-state index contributed by atoms with van der Waals surface area (Å²) in [6.45, 7) is 0. The number of sulfone groups is 1. The van der Waals surface area contributed by atoms with E-state index in [0.29, 0.717) is 10.6 Å². The van der Waals surface area contributed by atoms with Gasteiger partial charge in [-0.3, -0.25) is 4.79 Å². The van der Waals surface area contributed by atoms with E-state index in [1.807, 2.05) is 0 Å². The minimum atomic E-state index is -4.11. The molecule has 0 radical (unpaired) electrons. The quantitative estimate of drug-likeness (QED) is 0.239. The van der Waals surface area contributed by atoms with E-state index in [1.54, 1.807) is 48.5 Å². The minimum Gasteiger partial charge on any atom is -0.288 e. The van der Waals surface area contributed by atoms with Crippen LogP contribution in [0.5, 0.6) is 0 Å². The van der Waals surface area contributed by atoms with Crippen molar-refractivity contribution >= 4 is 76.8 Å². The standard InChI is InChI=1S/C21H12Br2Cl2O3S/c22-15-4-1-13(2-5-15)21(26)20(11-14-3-8-17(24)12-19(14)25)29(27,28)18-9-6-16(23)7-10-18/h1-12H/b20-11+. The first-order valence-electron chi connectivity index (χ1n) is 8.16. The highest BCUT2D eigenvalue weighted by Crippen LogP contribution is 2.29. The lowest BCUT2D eigenvalue weighted by atomic mass is 10.1. The van der Waals surface area contributed by atoms with Crippen LogP contribution >= 0.6 is 55.1 Å². The van der Waals surface area contributed by atoms with Gasteiger partial charge in [0.2, 0.25) is 15.6 Å². The summed E-state index contributed by atoms with van der Waals surface area (Å²) in [6.07, 6.45) is 1.28. The molecule has 3 aromatic rings. The molecule has 0 fully saturated rings. The summed E-state index contributed by atoms with van der Waals surface area (Å²) in [5, 5.41) is 0.647. The number of hydrogen-bond acceptors (Lipinski definition) is 3. The van der Waals surface area contributed by atoms with Gasteiger partial charge >= 0.3 is 0 Å². The molecule has 0 aliphatic rings. The van der Waals surface area contributed by atoms with Crippen molar-refractivity contribution in [3.8, 4) is 0 Å². The molecule has 0 unspecified atom stereocenters. The molecule has 0 N–H and O–H groups in total. The lowest BCUT2D eigenvalue weighted by molar-refractivity contribution is 0.104. The Morgan fingerprint density at radius 2 is 1.38 bits per heavy atom. The molecule has 0 aliphatic heterocycles. The first-order chi connectivity index (χ1) is 13.7. The van der Waals surface area contributed by atoms with E-state index in [1.165, 1.54) is 24.3 Å². The SMILES string of the molecule is O=C(/C(=C\c1ccc(Cl)cc1Cl)S(=O)(=O)c1ccc(Br)cc1)c1ccc(Br)cc1. The molecule has 0 bridgehead atoms. The number of halogens is 4. The summed E-state index contributed by atoms with van der Waals surface area (Å²) in [5.41, 5.74) is 0.613. The second-order valence-corrected chi connectivity index (χ2v) is 10.6. The summed E-state index contributed by atoms with van der Waals surface area (Å²) in [7, 11) is -4.11. The molecule has 3 nitrogen and oxygen atoms in total. The van der Waals surface area contributed by atoms with Crippen LogP contribution in [0.25, 0.3) is 6.08 Å². The van der Waals surface area contributed by atoms with Crippen molar-refractivity contribution < 1.29 is 13.2 Å². The van der Waals surface area contributed by atoms with Crippen molar-refractivity contribution in [3.63, 3.8) is 0 Å². The van der Waals surface area contributed by atoms with E-state index in [-0.39, 0.29) is 20.4 Å². The average Bonchev–Trinajstić information content (AvgIpc) is 2.67. The highest BCUT2D eigenvalue weighted by molar-refractivity contribution is 9.10. The normalized spacial score (nSPS) is 12.1.